The summed E-state index contributed by atoms with van der Waals surface area (Å²) in [6.45, 7) is 3.95. The lowest BCUT2D eigenvalue weighted by Gasteiger charge is -2.17. The average molecular weight is 312 g/mol. The predicted octanol–water partition coefficient (Wildman–Crippen LogP) is 1.15. The molecule has 21 heavy (non-hydrogen) atoms. The summed E-state index contributed by atoms with van der Waals surface area (Å²) in [5.74, 6) is 1.62. The number of nitrogens with one attached hydrogen (secondary N) is 2. The van der Waals surface area contributed by atoms with Crippen LogP contribution in [0.2, 0.25) is 5.02 Å². The van der Waals surface area contributed by atoms with Crippen molar-refractivity contribution in [3.63, 3.8) is 0 Å². The average Bonchev–Trinajstić information content (AvgIpc) is 3.25. The van der Waals surface area contributed by atoms with Gasteiger partial charge in [0.15, 0.2) is 6.54 Å². The molecule has 1 saturated carbocycles. The van der Waals surface area contributed by atoms with Gasteiger partial charge in [0.25, 0.3) is 5.91 Å². The van der Waals surface area contributed by atoms with Crippen LogP contribution in [0.15, 0.2) is 24.3 Å². The molecule has 1 aliphatic rings. The maximum absolute atomic E-state index is 11.9. The van der Waals surface area contributed by atoms with Crippen molar-refractivity contribution in [1.82, 2.24) is 5.32 Å². The van der Waals surface area contributed by atoms with Crippen LogP contribution in [0, 0.1) is 5.92 Å². The van der Waals surface area contributed by atoms with Gasteiger partial charge in [0, 0.05) is 11.1 Å². The Balaban J connectivity index is 1.61. The molecular formula is C16H24ClN2O2+. The Morgan fingerprint density at radius 3 is 2.71 bits per heavy atom. The van der Waals surface area contributed by atoms with Gasteiger partial charge in [-0.2, -0.15) is 0 Å². The third-order valence-corrected chi connectivity index (χ3v) is 4.04. The highest BCUT2D eigenvalue weighted by Gasteiger charge is 2.29. The number of rotatable bonds is 8. The van der Waals surface area contributed by atoms with E-state index in [1.54, 1.807) is 12.1 Å². The molecule has 2 rings (SSSR count). The molecule has 0 aliphatic heterocycles. The van der Waals surface area contributed by atoms with Crippen molar-refractivity contribution in [3.05, 3.63) is 29.3 Å². The Bertz CT molecular complexity index is 460. The number of carbonyl (C=O) groups excluding carboxylic acids is 1. The summed E-state index contributed by atoms with van der Waals surface area (Å²) in [7, 11) is 2.01. The Morgan fingerprint density at radius 1 is 1.43 bits per heavy atom. The van der Waals surface area contributed by atoms with Gasteiger partial charge in [-0.1, -0.05) is 11.6 Å². The maximum atomic E-state index is 11.9. The first-order valence-corrected chi connectivity index (χ1v) is 7.91. The quantitative estimate of drug-likeness (QED) is 0.756. The zero-order valence-corrected chi connectivity index (χ0v) is 13.5. The molecule has 2 atom stereocenters. The number of hydrogen-bond acceptors (Lipinski definition) is 2. The third-order valence-electron chi connectivity index (χ3n) is 3.79. The molecule has 116 valence electrons. The van der Waals surface area contributed by atoms with E-state index in [1.807, 2.05) is 19.2 Å². The van der Waals surface area contributed by atoms with E-state index in [1.165, 1.54) is 12.8 Å². The minimum absolute atomic E-state index is 0.124. The number of halogens is 1. The number of likely N-dealkylation sites (N-methyl/N-ethyl adjacent to an activating group) is 1. The van der Waals surface area contributed by atoms with Gasteiger partial charge < -0.3 is 15.0 Å². The van der Waals surface area contributed by atoms with Crippen molar-refractivity contribution in [2.45, 2.75) is 25.8 Å². The molecule has 0 saturated heterocycles. The molecule has 1 aromatic rings. The molecule has 0 spiro atoms. The van der Waals surface area contributed by atoms with Gasteiger partial charge in [0.1, 0.15) is 18.9 Å². The van der Waals surface area contributed by atoms with Gasteiger partial charge in [0.2, 0.25) is 0 Å². The summed E-state index contributed by atoms with van der Waals surface area (Å²) in [4.78, 5) is 13.0. The summed E-state index contributed by atoms with van der Waals surface area (Å²) in [5, 5.41) is 3.77. The first kappa shape index (κ1) is 16.1. The number of benzene rings is 1. The summed E-state index contributed by atoms with van der Waals surface area (Å²) in [5.41, 5.74) is 0. The Labute approximate surface area is 131 Å². The number of carbonyl (C=O) groups is 1. The highest BCUT2D eigenvalue weighted by molar-refractivity contribution is 6.30. The fraction of sp³-hybridized carbons (Fsp3) is 0.562. The van der Waals surface area contributed by atoms with Crippen molar-refractivity contribution in [2.75, 3.05) is 26.7 Å². The normalized spacial score (nSPS) is 17.1. The number of ether oxygens (including phenoxy) is 1. The monoisotopic (exact) mass is 311 g/mol. The lowest BCUT2D eigenvalue weighted by molar-refractivity contribution is -0.871. The third kappa shape index (κ3) is 5.94. The summed E-state index contributed by atoms with van der Waals surface area (Å²) in [6.07, 6.45) is 2.50. The van der Waals surface area contributed by atoms with Gasteiger partial charge >= 0.3 is 0 Å². The van der Waals surface area contributed by atoms with Crippen molar-refractivity contribution in [3.8, 4) is 5.75 Å². The lowest BCUT2D eigenvalue weighted by atomic mass is 10.2. The van der Waals surface area contributed by atoms with Crippen LogP contribution < -0.4 is 15.0 Å². The molecule has 0 aromatic heterocycles. The van der Waals surface area contributed by atoms with Gasteiger partial charge in [-0.3, -0.25) is 4.79 Å². The predicted molar refractivity (Wildman–Crippen MR) is 83.9 cm³/mol. The van der Waals surface area contributed by atoms with Gasteiger partial charge in [-0.25, -0.2) is 0 Å². The molecule has 0 radical (unpaired) electrons. The number of quaternary nitrogens is 1. The summed E-state index contributed by atoms with van der Waals surface area (Å²) < 4.78 is 5.63. The van der Waals surface area contributed by atoms with Crippen LogP contribution in [0.3, 0.4) is 0 Å². The van der Waals surface area contributed by atoms with E-state index in [9.17, 15) is 4.79 Å². The van der Waals surface area contributed by atoms with Crippen LogP contribution in [-0.2, 0) is 4.79 Å². The van der Waals surface area contributed by atoms with Crippen molar-refractivity contribution < 1.29 is 14.4 Å². The summed E-state index contributed by atoms with van der Waals surface area (Å²) >= 11 is 5.82. The zero-order valence-electron chi connectivity index (χ0n) is 12.7. The topological polar surface area (TPSA) is 42.8 Å². The van der Waals surface area contributed by atoms with Crippen molar-refractivity contribution in [2.24, 2.45) is 5.92 Å². The lowest BCUT2D eigenvalue weighted by Crippen LogP contribution is -3.10. The van der Waals surface area contributed by atoms with Crippen LogP contribution in [0.25, 0.3) is 0 Å². The highest BCUT2D eigenvalue weighted by Crippen LogP contribution is 2.32. The standard InChI is InChI=1S/C16H23ClN2O2/c1-12(13-3-4-13)18-16(20)11-19(2)9-10-21-15-7-5-14(17)6-8-15/h5-8,12-13H,3-4,9-11H2,1-2H3,(H,18,20)/p+1/t12-/m0/s1. The van der Waals surface area contributed by atoms with E-state index in [4.69, 9.17) is 16.3 Å². The van der Waals surface area contributed by atoms with Crippen LogP contribution >= 0.6 is 11.6 Å². The van der Waals surface area contributed by atoms with E-state index in [-0.39, 0.29) is 5.91 Å². The highest BCUT2D eigenvalue weighted by atomic mass is 35.5. The zero-order chi connectivity index (χ0) is 15.2. The van der Waals surface area contributed by atoms with Crippen molar-refractivity contribution in [1.29, 1.82) is 0 Å². The molecule has 1 fully saturated rings. The van der Waals surface area contributed by atoms with E-state index < -0.39 is 0 Å². The Hall–Kier alpha value is -1.26. The Morgan fingerprint density at radius 2 is 2.10 bits per heavy atom. The molecule has 1 amide bonds. The molecular weight excluding hydrogens is 288 g/mol. The van der Waals surface area contributed by atoms with Gasteiger partial charge in [0.05, 0.1) is 7.05 Å². The van der Waals surface area contributed by atoms with Crippen molar-refractivity contribution >= 4 is 17.5 Å². The minimum Gasteiger partial charge on any atom is -0.488 e. The largest absolute Gasteiger partial charge is 0.488 e. The molecule has 1 aromatic carbocycles. The van der Waals surface area contributed by atoms with E-state index >= 15 is 0 Å². The second-order valence-electron chi connectivity index (χ2n) is 5.88. The maximum Gasteiger partial charge on any atom is 0.275 e. The molecule has 5 heteroatoms. The molecule has 1 aliphatic carbocycles. The van der Waals surface area contributed by atoms with Crippen LogP contribution in [0.4, 0.5) is 0 Å². The SMILES string of the molecule is C[C@H](NC(=O)C[NH+](C)CCOc1ccc(Cl)cc1)C1CC1. The van der Waals surface area contributed by atoms with Crippen LogP contribution in [0.1, 0.15) is 19.8 Å². The Kier molecular flexibility index (Phi) is 5.88. The fourth-order valence-electron chi connectivity index (χ4n) is 2.26. The molecule has 4 nitrogen and oxygen atoms in total. The number of hydrogen-bond donors (Lipinski definition) is 2. The van der Waals surface area contributed by atoms with Crippen LogP contribution in [0.5, 0.6) is 5.75 Å². The van der Waals surface area contributed by atoms with E-state index in [2.05, 4.69) is 12.2 Å². The second-order valence-corrected chi connectivity index (χ2v) is 6.32. The minimum atomic E-state index is 0.124. The van der Waals surface area contributed by atoms with Crippen LogP contribution in [-0.4, -0.2) is 38.7 Å². The van der Waals surface area contributed by atoms with E-state index in [0.717, 1.165) is 17.2 Å². The van der Waals surface area contributed by atoms with Gasteiger partial charge in [-0.05, 0) is 49.9 Å². The second kappa shape index (κ2) is 7.66. The molecule has 1 unspecified atom stereocenters. The van der Waals surface area contributed by atoms with E-state index in [0.29, 0.717) is 30.1 Å². The van der Waals surface area contributed by atoms with Gasteiger partial charge in [-0.15, -0.1) is 0 Å². The molecule has 0 heterocycles. The molecule has 2 N–H and O–H groups in total. The first-order chi connectivity index (χ1) is 10.0. The fourth-order valence-corrected chi connectivity index (χ4v) is 2.38. The first-order valence-electron chi connectivity index (χ1n) is 7.53. The smallest absolute Gasteiger partial charge is 0.275 e. The number of amides is 1. The summed E-state index contributed by atoms with van der Waals surface area (Å²) in [6, 6.07) is 7.62. The molecule has 0 bridgehead atoms.